The third-order valence-corrected chi connectivity index (χ3v) is 1.50. The van der Waals surface area contributed by atoms with Crippen LogP contribution in [0.1, 0.15) is 19.3 Å². The van der Waals surface area contributed by atoms with Gasteiger partial charge in [0.2, 0.25) is 0 Å². The molecule has 0 radical (unpaired) electrons. The van der Waals surface area contributed by atoms with E-state index in [1.54, 1.807) is 0 Å². The Hall–Kier alpha value is 0.210. The second-order valence-electron chi connectivity index (χ2n) is 2.34. The van der Waals surface area contributed by atoms with Crippen molar-refractivity contribution in [2.75, 3.05) is 6.61 Å². The van der Waals surface area contributed by atoms with Gasteiger partial charge in [-0.2, -0.15) is 0 Å². The number of rotatable bonds is 2. The standard InChI is InChI=1S/C5H11NO.ClH/c6-5(1-2-5)3-4-7;/h7H,1-4,6H2;1H. The Kier molecular flexibility index (Phi) is 2.74. The third-order valence-electron chi connectivity index (χ3n) is 1.50. The fourth-order valence-corrected chi connectivity index (χ4v) is 0.633. The highest BCUT2D eigenvalue weighted by atomic mass is 35.5. The minimum Gasteiger partial charge on any atom is -0.396 e. The molecule has 0 unspecified atom stereocenters. The molecule has 0 aromatic carbocycles. The van der Waals surface area contributed by atoms with E-state index in [0.717, 1.165) is 19.3 Å². The average molecular weight is 138 g/mol. The van der Waals surface area contributed by atoms with Crippen molar-refractivity contribution in [3.05, 3.63) is 0 Å². The zero-order valence-electron chi connectivity index (χ0n) is 4.76. The van der Waals surface area contributed by atoms with Gasteiger partial charge in [-0.05, 0) is 19.3 Å². The van der Waals surface area contributed by atoms with Crippen LogP contribution in [0.4, 0.5) is 0 Å². The van der Waals surface area contributed by atoms with Gasteiger partial charge in [-0.1, -0.05) is 0 Å². The fraction of sp³-hybridized carbons (Fsp3) is 1.00. The van der Waals surface area contributed by atoms with Gasteiger partial charge >= 0.3 is 0 Å². The van der Waals surface area contributed by atoms with Gasteiger partial charge in [-0.3, -0.25) is 0 Å². The lowest BCUT2D eigenvalue weighted by molar-refractivity contribution is 0.272. The van der Waals surface area contributed by atoms with E-state index >= 15 is 0 Å². The smallest absolute Gasteiger partial charge is 0.0448 e. The first-order chi connectivity index (χ1) is 3.27. The summed E-state index contributed by atoms with van der Waals surface area (Å²) in [6.07, 6.45) is 2.99. The molecule has 3 N–H and O–H groups in total. The summed E-state index contributed by atoms with van der Waals surface area (Å²) in [5, 5.41) is 8.36. The van der Waals surface area contributed by atoms with Crippen molar-refractivity contribution in [1.29, 1.82) is 0 Å². The van der Waals surface area contributed by atoms with E-state index in [0.29, 0.717) is 0 Å². The first kappa shape index (κ1) is 8.21. The first-order valence-electron chi connectivity index (χ1n) is 2.67. The van der Waals surface area contributed by atoms with E-state index in [-0.39, 0.29) is 24.6 Å². The monoisotopic (exact) mass is 137 g/mol. The molecule has 0 heterocycles. The summed E-state index contributed by atoms with van der Waals surface area (Å²) in [5.41, 5.74) is 5.65. The molecule has 0 aromatic rings. The van der Waals surface area contributed by atoms with Gasteiger partial charge in [0.15, 0.2) is 0 Å². The number of hydrogen-bond acceptors (Lipinski definition) is 2. The minimum atomic E-state index is 0. The highest BCUT2D eigenvalue weighted by Crippen LogP contribution is 2.34. The second kappa shape index (κ2) is 2.67. The molecule has 50 valence electrons. The highest BCUT2D eigenvalue weighted by molar-refractivity contribution is 5.85. The maximum absolute atomic E-state index is 8.36. The van der Waals surface area contributed by atoms with E-state index in [9.17, 15) is 0 Å². The van der Waals surface area contributed by atoms with Crippen LogP contribution in [0.3, 0.4) is 0 Å². The molecular formula is C5H12ClNO. The second-order valence-corrected chi connectivity index (χ2v) is 2.34. The van der Waals surface area contributed by atoms with Gasteiger partial charge < -0.3 is 10.8 Å². The molecule has 1 aliphatic carbocycles. The largest absolute Gasteiger partial charge is 0.396 e. The van der Waals surface area contributed by atoms with Gasteiger partial charge in [-0.15, -0.1) is 12.4 Å². The Morgan fingerprint density at radius 3 is 2.12 bits per heavy atom. The zero-order chi connectivity index (χ0) is 5.33. The van der Waals surface area contributed by atoms with Crippen LogP contribution in [0.25, 0.3) is 0 Å². The molecule has 0 bridgehead atoms. The summed E-state index contributed by atoms with van der Waals surface area (Å²) >= 11 is 0. The molecule has 2 nitrogen and oxygen atoms in total. The van der Waals surface area contributed by atoms with Crippen molar-refractivity contribution < 1.29 is 5.11 Å². The molecule has 0 aliphatic heterocycles. The molecule has 0 amide bonds. The Morgan fingerprint density at radius 1 is 1.50 bits per heavy atom. The van der Waals surface area contributed by atoms with Crippen molar-refractivity contribution >= 4 is 12.4 Å². The Labute approximate surface area is 55.5 Å². The van der Waals surface area contributed by atoms with Crippen molar-refractivity contribution in [1.82, 2.24) is 0 Å². The maximum Gasteiger partial charge on any atom is 0.0448 e. The lowest BCUT2D eigenvalue weighted by Gasteiger charge is -2.01. The average Bonchev–Trinajstić information content (AvgIpc) is 2.22. The van der Waals surface area contributed by atoms with Gasteiger partial charge in [0, 0.05) is 12.1 Å². The molecule has 1 saturated carbocycles. The molecule has 1 rings (SSSR count). The Bertz CT molecular complexity index is 72.8. The number of halogens is 1. The maximum atomic E-state index is 8.36. The minimum absolute atomic E-state index is 0. The van der Waals surface area contributed by atoms with E-state index in [4.69, 9.17) is 10.8 Å². The predicted octanol–water partition coefficient (Wildman–Crippen LogP) is 0.282. The van der Waals surface area contributed by atoms with Gasteiger partial charge in [-0.25, -0.2) is 0 Å². The quantitative estimate of drug-likeness (QED) is 0.575. The van der Waals surface area contributed by atoms with Crippen molar-refractivity contribution in [2.45, 2.75) is 24.8 Å². The molecule has 1 aliphatic rings. The van der Waals surface area contributed by atoms with Crippen LogP contribution in [-0.4, -0.2) is 17.3 Å². The van der Waals surface area contributed by atoms with E-state index in [1.165, 1.54) is 0 Å². The first-order valence-corrected chi connectivity index (χ1v) is 2.67. The predicted molar refractivity (Wildman–Crippen MR) is 35.1 cm³/mol. The molecule has 1 fully saturated rings. The normalized spacial score (nSPS) is 21.8. The van der Waals surface area contributed by atoms with Crippen molar-refractivity contribution in [3.8, 4) is 0 Å². The van der Waals surface area contributed by atoms with Gasteiger partial charge in [0.1, 0.15) is 0 Å². The lowest BCUT2D eigenvalue weighted by Crippen LogP contribution is -2.22. The summed E-state index contributed by atoms with van der Waals surface area (Å²) < 4.78 is 0. The zero-order valence-corrected chi connectivity index (χ0v) is 5.58. The van der Waals surface area contributed by atoms with Crippen LogP contribution < -0.4 is 5.73 Å². The molecule has 8 heavy (non-hydrogen) atoms. The van der Waals surface area contributed by atoms with Crippen LogP contribution >= 0.6 is 12.4 Å². The number of aliphatic hydroxyl groups excluding tert-OH is 1. The SMILES string of the molecule is Cl.NC1(CCO)CC1. The summed E-state index contributed by atoms with van der Waals surface area (Å²) in [5.74, 6) is 0. The summed E-state index contributed by atoms with van der Waals surface area (Å²) in [4.78, 5) is 0. The lowest BCUT2D eigenvalue weighted by atomic mass is 10.2. The highest BCUT2D eigenvalue weighted by Gasteiger charge is 2.36. The fourth-order valence-electron chi connectivity index (χ4n) is 0.633. The molecule has 3 heteroatoms. The van der Waals surface area contributed by atoms with Crippen molar-refractivity contribution in [3.63, 3.8) is 0 Å². The van der Waals surface area contributed by atoms with E-state index in [2.05, 4.69) is 0 Å². The Morgan fingerprint density at radius 2 is 2.00 bits per heavy atom. The number of aliphatic hydroxyl groups is 1. The summed E-state index contributed by atoms with van der Waals surface area (Å²) in [6, 6.07) is 0. The van der Waals surface area contributed by atoms with Crippen LogP contribution in [0.2, 0.25) is 0 Å². The topological polar surface area (TPSA) is 46.2 Å². The van der Waals surface area contributed by atoms with Gasteiger partial charge in [0.05, 0.1) is 0 Å². The van der Waals surface area contributed by atoms with Crippen molar-refractivity contribution in [2.24, 2.45) is 5.73 Å². The van der Waals surface area contributed by atoms with Crippen LogP contribution in [0.5, 0.6) is 0 Å². The van der Waals surface area contributed by atoms with Crippen LogP contribution in [-0.2, 0) is 0 Å². The molecule has 0 atom stereocenters. The molecule has 0 aromatic heterocycles. The number of nitrogens with two attached hydrogens (primary N) is 1. The number of hydrogen-bond donors (Lipinski definition) is 2. The van der Waals surface area contributed by atoms with E-state index < -0.39 is 0 Å². The molecular weight excluding hydrogens is 126 g/mol. The van der Waals surface area contributed by atoms with Crippen LogP contribution in [0.15, 0.2) is 0 Å². The van der Waals surface area contributed by atoms with Crippen LogP contribution in [0, 0.1) is 0 Å². The summed E-state index contributed by atoms with van der Waals surface area (Å²) in [7, 11) is 0. The van der Waals surface area contributed by atoms with Gasteiger partial charge in [0.25, 0.3) is 0 Å². The Balaban J connectivity index is 0.000000490. The molecule has 0 saturated heterocycles. The molecule has 0 spiro atoms. The summed E-state index contributed by atoms with van der Waals surface area (Å²) in [6.45, 7) is 0.247. The third kappa shape index (κ3) is 1.99. The van der Waals surface area contributed by atoms with E-state index in [1.807, 2.05) is 0 Å².